The molecule has 0 aromatic heterocycles. The molecule has 2 heteroatoms. The zero-order valence-corrected chi connectivity index (χ0v) is 9.54. The summed E-state index contributed by atoms with van der Waals surface area (Å²) in [6.07, 6.45) is 8.95. The van der Waals surface area contributed by atoms with Crippen LogP contribution in [0, 0.1) is 0 Å². The predicted molar refractivity (Wildman–Crippen MR) is 64.5 cm³/mol. The minimum Gasteiger partial charge on any atom is -0.399 e. The fourth-order valence-electron chi connectivity index (χ4n) is 1.15. The van der Waals surface area contributed by atoms with E-state index in [2.05, 4.69) is 18.0 Å². The van der Waals surface area contributed by atoms with Gasteiger partial charge in [-0.2, -0.15) is 0 Å². The van der Waals surface area contributed by atoms with Gasteiger partial charge in [0.2, 0.25) is 0 Å². The minimum atomic E-state index is 0.767. The van der Waals surface area contributed by atoms with Gasteiger partial charge < -0.3 is 5.73 Å². The monoisotopic (exact) mass is 192 g/mol. The maximum Gasteiger partial charge on any atom is 0.0660 e. The molecule has 1 rings (SSSR count). The third-order valence-electron chi connectivity index (χ3n) is 1.72. The lowest BCUT2D eigenvalue weighted by molar-refractivity contribution is 1.21. The molecule has 1 aliphatic carbocycles. The Morgan fingerprint density at radius 3 is 2.50 bits per heavy atom. The Balaban J connectivity index is 0.000000791. The van der Waals surface area contributed by atoms with E-state index in [4.69, 9.17) is 5.73 Å². The van der Waals surface area contributed by atoms with E-state index in [-0.39, 0.29) is 0 Å². The first-order chi connectivity index (χ1) is 6.77. The van der Waals surface area contributed by atoms with Gasteiger partial charge in [0, 0.05) is 12.7 Å². The van der Waals surface area contributed by atoms with Crippen LogP contribution in [0.2, 0.25) is 0 Å². The van der Waals surface area contributed by atoms with E-state index < -0.39 is 0 Å². The molecule has 0 aromatic carbocycles. The van der Waals surface area contributed by atoms with Gasteiger partial charge >= 0.3 is 0 Å². The van der Waals surface area contributed by atoms with Crippen molar-refractivity contribution in [1.29, 1.82) is 0 Å². The number of allylic oxidation sites excluding steroid dienone is 5. The third-order valence-corrected chi connectivity index (χ3v) is 1.72. The Morgan fingerprint density at radius 2 is 2.00 bits per heavy atom. The fraction of sp³-hybridized carbons (Fsp3) is 0.417. The largest absolute Gasteiger partial charge is 0.399 e. The number of hydrogen-bond acceptors (Lipinski definition) is 2. The molecule has 0 aromatic rings. The van der Waals surface area contributed by atoms with E-state index in [9.17, 15) is 0 Å². The van der Waals surface area contributed by atoms with Crippen molar-refractivity contribution in [2.75, 3.05) is 7.05 Å². The molecule has 1 aliphatic rings. The van der Waals surface area contributed by atoms with Crippen LogP contribution in [0.3, 0.4) is 0 Å². The molecule has 0 fully saturated rings. The average Bonchev–Trinajstić information content (AvgIpc) is 2.24. The highest BCUT2D eigenvalue weighted by Crippen LogP contribution is 2.11. The molecule has 2 nitrogen and oxygen atoms in total. The van der Waals surface area contributed by atoms with Crippen molar-refractivity contribution >= 4 is 5.71 Å². The number of nitrogens with two attached hydrogens (primary N) is 1. The van der Waals surface area contributed by atoms with Crippen molar-refractivity contribution in [2.45, 2.75) is 27.2 Å². The molecular weight excluding hydrogens is 172 g/mol. The van der Waals surface area contributed by atoms with E-state index in [0.29, 0.717) is 0 Å². The van der Waals surface area contributed by atoms with Crippen LogP contribution < -0.4 is 5.73 Å². The van der Waals surface area contributed by atoms with E-state index >= 15 is 0 Å². The van der Waals surface area contributed by atoms with Crippen LogP contribution in [0.4, 0.5) is 0 Å². The van der Waals surface area contributed by atoms with Gasteiger partial charge in [0.15, 0.2) is 0 Å². The zero-order chi connectivity index (χ0) is 11.0. The summed E-state index contributed by atoms with van der Waals surface area (Å²) >= 11 is 0. The highest BCUT2D eigenvalue weighted by molar-refractivity contribution is 6.11. The van der Waals surface area contributed by atoms with E-state index in [0.717, 1.165) is 23.4 Å². The summed E-state index contributed by atoms with van der Waals surface area (Å²) in [7, 11) is 1.78. The van der Waals surface area contributed by atoms with Crippen LogP contribution in [-0.2, 0) is 0 Å². The second kappa shape index (κ2) is 7.13. The summed E-state index contributed by atoms with van der Waals surface area (Å²) in [5, 5.41) is 0. The van der Waals surface area contributed by atoms with Crippen molar-refractivity contribution in [3.05, 3.63) is 35.6 Å². The second-order valence-corrected chi connectivity index (χ2v) is 2.65. The van der Waals surface area contributed by atoms with Crippen LogP contribution in [0.15, 0.2) is 40.6 Å². The molecule has 2 N–H and O–H groups in total. The Morgan fingerprint density at radius 1 is 1.36 bits per heavy atom. The van der Waals surface area contributed by atoms with Crippen molar-refractivity contribution in [3.8, 4) is 0 Å². The Hall–Kier alpha value is -1.31. The average molecular weight is 192 g/mol. The Bertz CT molecular complexity index is 281. The quantitative estimate of drug-likeness (QED) is 0.681. The highest BCUT2D eigenvalue weighted by atomic mass is 14.7. The first-order valence-electron chi connectivity index (χ1n) is 5.10. The standard InChI is InChI=1S/C10H14N2.C2H6/c1-3-4-8-5-6-9(11)7-10(8)12-2;1-2/h4-7H,3,11H2,1-2H3;1-2H3/b8-4-,12-10?;. The van der Waals surface area contributed by atoms with Crippen molar-refractivity contribution in [2.24, 2.45) is 10.7 Å². The maximum atomic E-state index is 5.63. The topological polar surface area (TPSA) is 38.4 Å². The van der Waals surface area contributed by atoms with Gasteiger partial charge in [-0.25, -0.2) is 0 Å². The molecule has 0 unspecified atom stereocenters. The maximum absolute atomic E-state index is 5.63. The molecule has 0 spiro atoms. The third kappa shape index (κ3) is 3.60. The van der Waals surface area contributed by atoms with Gasteiger partial charge in [0.25, 0.3) is 0 Å². The van der Waals surface area contributed by atoms with E-state index in [1.807, 2.05) is 32.1 Å². The van der Waals surface area contributed by atoms with Gasteiger partial charge in [-0.05, 0) is 24.1 Å². The number of nitrogens with zero attached hydrogens (tertiary/aromatic N) is 1. The van der Waals surface area contributed by atoms with Gasteiger partial charge in [-0.1, -0.05) is 32.9 Å². The van der Waals surface area contributed by atoms with Crippen molar-refractivity contribution in [3.63, 3.8) is 0 Å². The van der Waals surface area contributed by atoms with E-state index in [1.54, 1.807) is 7.05 Å². The molecule has 0 saturated carbocycles. The molecule has 0 heterocycles. The van der Waals surface area contributed by atoms with Crippen LogP contribution in [0.1, 0.15) is 27.2 Å². The van der Waals surface area contributed by atoms with Gasteiger partial charge in [-0.15, -0.1) is 0 Å². The summed E-state index contributed by atoms with van der Waals surface area (Å²) in [5.74, 6) is 0. The number of hydrogen-bond donors (Lipinski definition) is 1. The lowest BCUT2D eigenvalue weighted by Crippen LogP contribution is -2.07. The minimum absolute atomic E-state index is 0.767. The van der Waals surface area contributed by atoms with Crippen molar-refractivity contribution in [1.82, 2.24) is 0 Å². The smallest absolute Gasteiger partial charge is 0.0660 e. The fourth-order valence-corrected chi connectivity index (χ4v) is 1.15. The molecule has 0 saturated heterocycles. The molecule has 0 atom stereocenters. The second-order valence-electron chi connectivity index (χ2n) is 2.65. The summed E-state index contributed by atoms with van der Waals surface area (Å²) in [5.41, 5.74) is 8.52. The molecule has 78 valence electrons. The van der Waals surface area contributed by atoms with Gasteiger partial charge in [0.05, 0.1) is 5.71 Å². The summed E-state index contributed by atoms with van der Waals surface area (Å²) in [6.45, 7) is 6.11. The Labute approximate surface area is 86.9 Å². The predicted octanol–water partition coefficient (Wildman–Crippen LogP) is 2.83. The van der Waals surface area contributed by atoms with Gasteiger partial charge in [-0.3, -0.25) is 4.99 Å². The summed E-state index contributed by atoms with van der Waals surface area (Å²) in [4.78, 5) is 4.14. The van der Waals surface area contributed by atoms with Gasteiger partial charge in [0.1, 0.15) is 0 Å². The molecule has 0 bridgehead atoms. The normalized spacial score (nSPS) is 20.4. The lowest BCUT2D eigenvalue weighted by Gasteiger charge is -2.07. The van der Waals surface area contributed by atoms with Crippen LogP contribution >= 0.6 is 0 Å². The van der Waals surface area contributed by atoms with E-state index in [1.165, 1.54) is 0 Å². The SMILES string of the molecule is CC.CC/C=C1/C=CC(N)=CC1=NC. The Kier molecular flexibility index (Phi) is 6.46. The highest BCUT2D eigenvalue weighted by Gasteiger charge is 2.04. The molecule has 0 amide bonds. The molecule has 0 radical (unpaired) electrons. The molecule has 0 aliphatic heterocycles. The zero-order valence-electron chi connectivity index (χ0n) is 9.54. The molecule has 14 heavy (non-hydrogen) atoms. The number of rotatable bonds is 1. The first-order valence-corrected chi connectivity index (χ1v) is 5.10. The lowest BCUT2D eigenvalue weighted by atomic mass is 10.0. The van der Waals surface area contributed by atoms with Crippen LogP contribution in [-0.4, -0.2) is 12.8 Å². The molecular formula is C12H20N2. The number of aliphatic imine (C=N–C) groups is 1. The summed E-state index contributed by atoms with van der Waals surface area (Å²) < 4.78 is 0. The van der Waals surface area contributed by atoms with Crippen LogP contribution in [0.25, 0.3) is 0 Å². The van der Waals surface area contributed by atoms with Crippen LogP contribution in [0.5, 0.6) is 0 Å². The van der Waals surface area contributed by atoms with Crippen molar-refractivity contribution < 1.29 is 0 Å². The first kappa shape index (κ1) is 12.7. The summed E-state index contributed by atoms with van der Waals surface area (Å²) in [6, 6.07) is 0.